The third-order valence-electron chi connectivity index (χ3n) is 4.94. The van der Waals surface area contributed by atoms with Crippen molar-refractivity contribution in [2.24, 2.45) is 0 Å². The van der Waals surface area contributed by atoms with E-state index in [1.54, 1.807) is 29.9 Å². The Bertz CT molecular complexity index is 1160. The Morgan fingerprint density at radius 1 is 0.903 bits per heavy atom. The van der Waals surface area contributed by atoms with Crippen LogP contribution in [0.25, 0.3) is 0 Å². The summed E-state index contributed by atoms with van der Waals surface area (Å²) in [5.74, 6) is 0.921. The summed E-state index contributed by atoms with van der Waals surface area (Å²) in [6.07, 6.45) is 5.98. The molecule has 0 bridgehead atoms. The van der Waals surface area contributed by atoms with Crippen molar-refractivity contribution in [1.29, 1.82) is 0 Å². The summed E-state index contributed by atoms with van der Waals surface area (Å²) < 4.78 is 0. The zero-order valence-electron chi connectivity index (χ0n) is 17.0. The molecule has 8 heteroatoms. The molecule has 158 valence electrons. The van der Waals surface area contributed by atoms with E-state index in [2.05, 4.69) is 36.9 Å². The molecule has 4 rings (SSSR count). The number of nitrogens with zero attached hydrogens (tertiary/aromatic N) is 3. The number of thiophene rings is 1. The number of hydrogen-bond donors (Lipinski definition) is 2. The Kier molecular flexibility index (Phi) is 6.68. The molecule has 1 aromatic carbocycles. The van der Waals surface area contributed by atoms with Crippen molar-refractivity contribution in [2.75, 3.05) is 28.6 Å². The van der Waals surface area contributed by atoms with Crippen molar-refractivity contribution >= 4 is 28.5 Å². The van der Waals surface area contributed by atoms with Crippen molar-refractivity contribution in [1.82, 2.24) is 9.97 Å². The van der Waals surface area contributed by atoms with Crippen molar-refractivity contribution < 1.29 is 0 Å². The minimum atomic E-state index is -0.468. The minimum Gasteiger partial charge on any atom is -0.380 e. The Hall–Kier alpha value is -3.52. The first-order valence-corrected chi connectivity index (χ1v) is 11.0. The summed E-state index contributed by atoms with van der Waals surface area (Å²) in [5, 5.41) is 8.28. The predicted molar refractivity (Wildman–Crippen MR) is 126 cm³/mol. The standard InChI is InChI=1S/C23H23N5O2S/c29-22-20(21(23(22)30)27-15-17-7-11-24-12-8-17)26-10-4-13-28(16-18-5-3-14-31-18)19-6-1-2-9-25-19/h1-3,5-9,11-12,14,26-27H,4,10,13,15-16H2. The maximum atomic E-state index is 12.0. The molecular weight excluding hydrogens is 410 g/mol. The van der Waals surface area contributed by atoms with E-state index in [0.29, 0.717) is 24.5 Å². The van der Waals surface area contributed by atoms with Gasteiger partial charge in [-0.3, -0.25) is 14.6 Å². The fourth-order valence-electron chi connectivity index (χ4n) is 3.31. The zero-order valence-corrected chi connectivity index (χ0v) is 17.8. The van der Waals surface area contributed by atoms with Crippen LogP contribution in [-0.4, -0.2) is 23.1 Å². The number of nitrogens with one attached hydrogen (secondary N) is 2. The smallest absolute Gasteiger partial charge is 0.253 e. The van der Waals surface area contributed by atoms with E-state index in [1.807, 2.05) is 36.4 Å². The predicted octanol–water partition coefficient (Wildman–Crippen LogP) is 3.26. The fourth-order valence-corrected chi connectivity index (χ4v) is 4.03. The van der Waals surface area contributed by atoms with E-state index in [0.717, 1.165) is 30.9 Å². The highest BCUT2D eigenvalue weighted by atomic mass is 32.1. The number of aromatic nitrogens is 2. The van der Waals surface area contributed by atoms with Gasteiger partial charge in [0.1, 0.15) is 17.2 Å². The second-order valence-electron chi connectivity index (χ2n) is 7.09. The van der Waals surface area contributed by atoms with E-state index in [1.165, 1.54) is 4.88 Å². The number of anilines is 3. The van der Waals surface area contributed by atoms with Gasteiger partial charge in [0.15, 0.2) is 0 Å². The third-order valence-corrected chi connectivity index (χ3v) is 5.80. The summed E-state index contributed by atoms with van der Waals surface area (Å²) in [6, 6.07) is 13.8. The molecule has 7 nitrogen and oxygen atoms in total. The SMILES string of the molecule is O=c1c(NCCCN(Cc2cccs2)c2ccccn2)c(NCc2ccncc2)c1=O. The van der Waals surface area contributed by atoms with Gasteiger partial charge in [-0.05, 0) is 47.7 Å². The van der Waals surface area contributed by atoms with Gasteiger partial charge in [0.2, 0.25) is 0 Å². The first-order chi connectivity index (χ1) is 15.2. The van der Waals surface area contributed by atoms with Gasteiger partial charge in [-0.1, -0.05) is 12.1 Å². The molecule has 0 unspecified atom stereocenters. The fraction of sp³-hybridized carbons (Fsp3) is 0.217. The molecule has 0 amide bonds. The summed E-state index contributed by atoms with van der Waals surface area (Å²) in [6.45, 7) is 2.61. The van der Waals surface area contributed by atoms with Gasteiger partial charge in [0.05, 0.1) is 6.54 Å². The quantitative estimate of drug-likeness (QED) is 0.277. The molecular formula is C23H23N5O2S. The molecule has 0 aliphatic heterocycles. The number of pyridine rings is 2. The Morgan fingerprint density at radius 2 is 1.71 bits per heavy atom. The van der Waals surface area contributed by atoms with Gasteiger partial charge in [0, 0.05) is 43.1 Å². The van der Waals surface area contributed by atoms with Gasteiger partial charge in [-0.25, -0.2) is 4.98 Å². The second kappa shape index (κ2) is 9.99. The lowest BCUT2D eigenvalue weighted by atomic mass is 10.1. The molecule has 31 heavy (non-hydrogen) atoms. The Labute approximate surface area is 184 Å². The highest BCUT2D eigenvalue weighted by Crippen LogP contribution is 2.19. The van der Waals surface area contributed by atoms with Crippen LogP contribution in [0.3, 0.4) is 0 Å². The van der Waals surface area contributed by atoms with Crippen LogP contribution in [0, 0.1) is 0 Å². The van der Waals surface area contributed by atoms with Crippen LogP contribution < -0.4 is 26.4 Å². The lowest BCUT2D eigenvalue weighted by molar-refractivity contribution is 0.742. The van der Waals surface area contributed by atoms with Crippen LogP contribution in [0.5, 0.6) is 0 Å². The van der Waals surface area contributed by atoms with Crippen LogP contribution >= 0.6 is 11.3 Å². The van der Waals surface area contributed by atoms with Crippen LogP contribution in [0.15, 0.2) is 76.0 Å². The Balaban J connectivity index is 1.32. The molecule has 0 aliphatic carbocycles. The molecule has 0 saturated heterocycles. The minimum absolute atomic E-state index is 0.363. The summed E-state index contributed by atoms with van der Waals surface area (Å²) in [5.41, 5.74) is 0.805. The molecule has 0 saturated carbocycles. The van der Waals surface area contributed by atoms with Gasteiger partial charge in [-0.2, -0.15) is 0 Å². The average molecular weight is 434 g/mol. The van der Waals surface area contributed by atoms with Crippen molar-refractivity contribution in [2.45, 2.75) is 19.5 Å². The molecule has 0 spiro atoms. The summed E-state index contributed by atoms with van der Waals surface area (Å²) in [4.78, 5) is 35.9. The molecule has 4 aromatic rings. The van der Waals surface area contributed by atoms with E-state index in [-0.39, 0.29) is 0 Å². The Morgan fingerprint density at radius 3 is 2.42 bits per heavy atom. The van der Waals surface area contributed by atoms with Crippen LogP contribution in [0.2, 0.25) is 0 Å². The van der Waals surface area contributed by atoms with Crippen molar-refractivity contribution in [3.05, 3.63) is 97.3 Å². The number of rotatable bonds is 11. The topological polar surface area (TPSA) is 87.2 Å². The van der Waals surface area contributed by atoms with Crippen LogP contribution in [0.1, 0.15) is 16.9 Å². The van der Waals surface area contributed by atoms with Gasteiger partial charge in [0.25, 0.3) is 10.9 Å². The largest absolute Gasteiger partial charge is 0.380 e. The van der Waals surface area contributed by atoms with E-state index >= 15 is 0 Å². The summed E-state index contributed by atoms with van der Waals surface area (Å²) in [7, 11) is 0. The van der Waals surface area contributed by atoms with Crippen molar-refractivity contribution in [3.63, 3.8) is 0 Å². The highest BCUT2D eigenvalue weighted by molar-refractivity contribution is 7.09. The summed E-state index contributed by atoms with van der Waals surface area (Å²) >= 11 is 1.72. The zero-order chi connectivity index (χ0) is 21.5. The molecule has 0 atom stereocenters. The lowest BCUT2D eigenvalue weighted by Crippen LogP contribution is -2.37. The van der Waals surface area contributed by atoms with Gasteiger partial charge in [-0.15, -0.1) is 11.3 Å². The molecule has 0 radical (unpaired) electrons. The molecule has 2 N–H and O–H groups in total. The second-order valence-corrected chi connectivity index (χ2v) is 8.12. The molecule has 0 aliphatic rings. The maximum Gasteiger partial charge on any atom is 0.253 e. The van der Waals surface area contributed by atoms with Gasteiger partial charge >= 0.3 is 0 Å². The third kappa shape index (κ3) is 5.16. The molecule has 3 aromatic heterocycles. The van der Waals surface area contributed by atoms with E-state index in [4.69, 9.17) is 0 Å². The van der Waals surface area contributed by atoms with Crippen LogP contribution in [0.4, 0.5) is 17.2 Å². The van der Waals surface area contributed by atoms with Gasteiger partial charge < -0.3 is 15.5 Å². The highest BCUT2D eigenvalue weighted by Gasteiger charge is 2.20. The van der Waals surface area contributed by atoms with Crippen LogP contribution in [-0.2, 0) is 13.1 Å². The normalized spacial score (nSPS) is 10.8. The molecule has 0 fully saturated rings. The lowest BCUT2D eigenvalue weighted by Gasteiger charge is -2.23. The van der Waals surface area contributed by atoms with E-state index in [9.17, 15) is 9.59 Å². The monoisotopic (exact) mass is 433 g/mol. The molecule has 3 heterocycles. The van der Waals surface area contributed by atoms with Crippen molar-refractivity contribution in [3.8, 4) is 0 Å². The first kappa shape index (κ1) is 20.7. The average Bonchev–Trinajstić information content (AvgIpc) is 3.33. The van der Waals surface area contributed by atoms with E-state index < -0.39 is 10.9 Å². The first-order valence-electron chi connectivity index (χ1n) is 10.1. The maximum absolute atomic E-state index is 12.0. The number of hydrogen-bond acceptors (Lipinski definition) is 8.